The van der Waals surface area contributed by atoms with Crippen LogP contribution in [-0.4, -0.2) is 23.3 Å². The minimum atomic E-state index is -1.60. The molecule has 0 saturated heterocycles. The summed E-state index contributed by atoms with van der Waals surface area (Å²) in [6, 6.07) is 4.68. The molecule has 1 aromatic carbocycles. The number of alkyl halides is 1. The zero-order valence-corrected chi connectivity index (χ0v) is 12.2. The lowest BCUT2D eigenvalue weighted by Crippen LogP contribution is -2.12. The molecule has 6 heteroatoms. The number of methoxy groups -OCH3 is 1. The maximum Gasteiger partial charge on any atom is 0.374 e. The van der Waals surface area contributed by atoms with Gasteiger partial charge < -0.3 is 14.4 Å². The van der Waals surface area contributed by atoms with E-state index in [0.717, 1.165) is 5.56 Å². The second-order valence-electron chi connectivity index (χ2n) is 5.19. The smallest absolute Gasteiger partial charge is 0.374 e. The number of hydrogen-bond donors (Lipinski definition) is 1. The molecule has 0 aliphatic rings. The Morgan fingerprint density at radius 1 is 1.43 bits per heavy atom. The van der Waals surface area contributed by atoms with E-state index >= 15 is 0 Å². The molecule has 2 aromatic rings. The molecule has 0 amide bonds. The second-order valence-corrected chi connectivity index (χ2v) is 5.19. The largest absolute Gasteiger partial charge is 0.496 e. The van der Waals surface area contributed by atoms with Gasteiger partial charge in [-0.2, -0.15) is 0 Å². The zero-order valence-electron chi connectivity index (χ0n) is 12.2. The molecule has 0 radical (unpaired) electrons. The lowest BCUT2D eigenvalue weighted by Gasteiger charge is -2.21. The van der Waals surface area contributed by atoms with E-state index in [4.69, 9.17) is 14.4 Å². The number of carbonyl (C=O) groups is 1. The molecule has 0 atom stereocenters. The van der Waals surface area contributed by atoms with E-state index < -0.39 is 11.6 Å². The molecule has 0 bridgehead atoms. The first-order valence-corrected chi connectivity index (χ1v) is 6.33. The van der Waals surface area contributed by atoms with Crippen LogP contribution in [0.15, 0.2) is 22.7 Å². The van der Waals surface area contributed by atoms with Crippen LogP contribution in [0, 0.1) is 6.92 Å². The van der Waals surface area contributed by atoms with E-state index in [-0.39, 0.29) is 5.76 Å². The van der Waals surface area contributed by atoms with Crippen molar-refractivity contribution in [3.8, 4) is 17.0 Å². The molecule has 21 heavy (non-hydrogen) atoms. The highest BCUT2D eigenvalue weighted by Crippen LogP contribution is 2.41. The number of nitrogens with zero attached hydrogens (tertiary/aromatic N) is 1. The van der Waals surface area contributed by atoms with Gasteiger partial charge in [0.1, 0.15) is 17.1 Å². The average Bonchev–Trinajstić information content (AvgIpc) is 2.86. The van der Waals surface area contributed by atoms with Crippen molar-refractivity contribution in [2.45, 2.75) is 26.4 Å². The summed E-state index contributed by atoms with van der Waals surface area (Å²) < 4.78 is 24.4. The van der Waals surface area contributed by atoms with Gasteiger partial charge >= 0.3 is 5.97 Å². The fourth-order valence-electron chi connectivity index (χ4n) is 2.17. The maximum atomic E-state index is 14.3. The van der Waals surface area contributed by atoms with Crippen LogP contribution in [0.25, 0.3) is 11.3 Å². The summed E-state index contributed by atoms with van der Waals surface area (Å²) in [4.78, 5) is 10.9. The normalized spacial score (nSPS) is 11.5. The molecule has 1 aromatic heterocycles. The number of carboxylic acid groups (broad SMARTS) is 1. The molecule has 0 unspecified atom stereocenters. The summed E-state index contributed by atoms with van der Waals surface area (Å²) in [6.45, 7) is 4.66. The molecule has 0 saturated carbocycles. The Hall–Kier alpha value is -2.37. The maximum absolute atomic E-state index is 14.3. The van der Waals surface area contributed by atoms with Gasteiger partial charge in [-0.3, -0.25) is 0 Å². The topological polar surface area (TPSA) is 72.6 Å². The second kappa shape index (κ2) is 5.20. The quantitative estimate of drug-likeness (QED) is 0.933. The summed E-state index contributed by atoms with van der Waals surface area (Å²) in [5, 5.41) is 12.6. The molecular weight excluding hydrogens is 277 g/mol. The van der Waals surface area contributed by atoms with E-state index in [1.807, 2.05) is 6.92 Å². The van der Waals surface area contributed by atoms with Gasteiger partial charge in [0.15, 0.2) is 0 Å². The van der Waals surface area contributed by atoms with Gasteiger partial charge in [0.2, 0.25) is 5.76 Å². The van der Waals surface area contributed by atoms with Crippen molar-refractivity contribution in [1.82, 2.24) is 5.16 Å². The number of aromatic nitrogens is 1. The van der Waals surface area contributed by atoms with Crippen LogP contribution in [0.3, 0.4) is 0 Å². The highest BCUT2D eigenvalue weighted by atomic mass is 19.1. The van der Waals surface area contributed by atoms with Gasteiger partial charge in [-0.25, -0.2) is 9.18 Å². The highest BCUT2D eigenvalue weighted by molar-refractivity contribution is 5.86. The van der Waals surface area contributed by atoms with Crippen LogP contribution in [-0.2, 0) is 5.67 Å². The van der Waals surface area contributed by atoms with Crippen LogP contribution in [0.1, 0.15) is 35.5 Å². The van der Waals surface area contributed by atoms with Gasteiger partial charge in [0.05, 0.1) is 7.11 Å². The minimum Gasteiger partial charge on any atom is -0.496 e. The van der Waals surface area contributed by atoms with Crippen LogP contribution in [0.4, 0.5) is 4.39 Å². The van der Waals surface area contributed by atoms with E-state index in [1.165, 1.54) is 27.0 Å². The number of hydrogen-bond acceptors (Lipinski definition) is 4. The Bertz CT molecular complexity index is 685. The van der Waals surface area contributed by atoms with Gasteiger partial charge in [-0.15, -0.1) is 0 Å². The first-order valence-electron chi connectivity index (χ1n) is 6.33. The minimum absolute atomic E-state index is 0.281. The van der Waals surface area contributed by atoms with Crippen LogP contribution >= 0.6 is 0 Å². The van der Waals surface area contributed by atoms with Gasteiger partial charge in [-0.05, 0) is 26.3 Å². The van der Waals surface area contributed by atoms with Crippen LogP contribution in [0.2, 0.25) is 0 Å². The van der Waals surface area contributed by atoms with E-state index in [0.29, 0.717) is 22.6 Å². The molecule has 1 heterocycles. The van der Waals surface area contributed by atoms with Gasteiger partial charge in [0, 0.05) is 17.2 Å². The number of halogens is 1. The zero-order chi connectivity index (χ0) is 15.8. The number of benzene rings is 1. The van der Waals surface area contributed by atoms with E-state index in [1.54, 1.807) is 12.1 Å². The first kappa shape index (κ1) is 15.0. The van der Waals surface area contributed by atoms with Crippen LogP contribution < -0.4 is 4.74 Å². The predicted octanol–water partition coefficient (Wildman–Crippen LogP) is 3.56. The number of aryl methyl sites for hydroxylation is 1. The summed E-state index contributed by atoms with van der Waals surface area (Å²) in [5.41, 5.74) is 0.369. The van der Waals surface area contributed by atoms with Crippen molar-refractivity contribution in [1.29, 1.82) is 0 Å². The van der Waals surface area contributed by atoms with Crippen molar-refractivity contribution in [3.05, 3.63) is 35.1 Å². The van der Waals surface area contributed by atoms with E-state index in [2.05, 4.69) is 5.16 Å². The van der Waals surface area contributed by atoms with Crippen molar-refractivity contribution in [3.63, 3.8) is 0 Å². The number of aromatic carboxylic acids is 1. The van der Waals surface area contributed by atoms with Crippen molar-refractivity contribution >= 4 is 5.97 Å². The van der Waals surface area contributed by atoms with Crippen LogP contribution in [0.5, 0.6) is 5.75 Å². The Kier molecular flexibility index (Phi) is 3.72. The standard InChI is InChI=1S/C15H16FNO4/c1-8-5-6-9(15(2,3)16)13(20-4)12(8)10-7-11(14(18)19)21-17-10/h5-7H,1-4H3,(H,18,19). The third-order valence-corrected chi connectivity index (χ3v) is 3.19. The molecule has 0 spiro atoms. The summed E-state index contributed by atoms with van der Waals surface area (Å²) in [5.74, 6) is -1.17. The highest BCUT2D eigenvalue weighted by Gasteiger charge is 2.28. The summed E-state index contributed by atoms with van der Waals surface area (Å²) in [7, 11) is 1.44. The van der Waals surface area contributed by atoms with Gasteiger partial charge in [-0.1, -0.05) is 17.3 Å². The Morgan fingerprint density at radius 2 is 2.10 bits per heavy atom. The SMILES string of the molecule is COc1c(C(C)(C)F)ccc(C)c1-c1cc(C(=O)O)on1. The number of carboxylic acids is 1. The Morgan fingerprint density at radius 3 is 2.57 bits per heavy atom. The number of ether oxygens (including phenoxy) is 1. The predicted molar refractivity (Wildman–Crippen MR) is 74.3 cm³/mol. The molecule has 0 aliphatic heterocycles. The van der Waals surface area contributed by atoms with E-state index in [9.17, 15) is 9.18 Å². The molecule has 2 rings (SSSR count). The van der Waals surface area contributed by atoms with Crippen molar-refractivity contribution in [2.75, 3.05) is 7.11 Å². The lowest BCUT2D eigenvalue weighted by molar-refractivity contribution is 0.0652. The lowest BCUT2D eigenvalue weighted by atomic mass is 9.92. The molecule has 1 N–H and O–H groups in total. The monoisotopic (exact) mass is 293 g/mol. The van der Waals surface area contributed by atoms with Crippen molar-refractivity contribution in [2.24, 2.45) is 0 Å². The number of rotatable bonds is 4. The summed E-state index contributed by atoms with van der Waals surface area (Å²) in [6.07, 6.45) is 0. The average molecular weight is 293 g/mol. The third-order valence-electron chi connectivity index (χ3n) is 3.19. The molecule has 5 nitrogen and oxygen atoms in total. The Balaban J connectivity index is 2.69. The molecular formula is C15H16FNO4. The molecule has 112 valence electrons. The fraction of sp³-hybridized carbons (Fsp3) is 0.333. The first-order chi connectivity index (χ1) is 9.75. The molecule has 0 aliphatic carbocycles. The summed E-state index contributed by atoms with van der Waals surface area (Å²) >= 11 is 0. The van der Waals surface area contributed by atoms with Gasteiger partial charge in [0.25, 0.3) is 0 Å². The third kappa shape index (κ3) is 2.74. The van der Waals surface area contributed by atoms with Crippen molar-refractivity contribution < 1.29 is 23.6 Å². The fourth-order valence-corrected chi connectivity index (χ4v) is 2.17. The molecule has 0 fully saturated rings. The Labute approximate surface area is 121 Å².